The van der Waals surface area contributed by atoms with Crippen molar-refractivity contribution in [3.63, 3.8) is 0 Å². The fraction of sp³-hybridized carbons (Fsp3) is 0.259. The molecule has 0 unspecified atom stereocenters. The molecule has 0 heterocycles. The first-order chi connectivity index (χ1) is 15.8. The lowest BCUT2D eigenvalue weighted by molar-refractivity contribution is -0.141. The maximum Gasteiger partial charge on any atom is 0.243 e. The number of amides is 2. The summed E-state index contributed by atoms with van der Waals surface area (Å²) < 4.78 is 28.8. The van der Waals surface area contributed by atoms with E-state index in [4.69, 9.17) is 0 Å². The second-order valence-corrected chi connectivity index (χ2v) is 8.25. The van der Waals surface area contributed by atoms with Gasteiger partial charge in [-0.2, -0.15) is 0 Å². The second-order valence-electron chi connectivity index (χ2n) is 8.25. The molecule has 0 fully saturated rings. The molecule has 33 heavy (non-hydrogen) atoms. The van der Waals surface area contributed by atoms with E-state index < -0.39 is 23.6 Å². The van der Waals surface area contributed by atoms with Crippen molar-refractivity contribution in [2.75, 3.05) is 0 Å². The van der Waals surface area contributed by atoms with Crippen LogP contribution >= 0.6 is 0 Å². The summed E-state index contributed by atoms with van der Waals surface area (Å²) in [7, 11) is 0. The molecule has 4 nitrogen and oxygen atoms in total. The molecule has 0 aromatic heterocycles. The molecule has 6 heteroatoms. The molecule has 3 aromatic rings. The lowest BCUT2D eigenvalue weighted by Crippen LogP contribution is -2.52. The van der Waals surface area contributed by atoms with Crippen molar-refractivity contribution in [1.29, 1.82) is 0 Å². The smallest absolute Gasteiger partial charge is 0.243 e. The van der Waals surface area contributed by atoms with Crippen LogP contribution in [0.3, 0.4) is 0 Å². The van der Waals surface area contributed by atoms with Crippen molar-refractivity contribution in [3.05, 3.63) is 107 Å². The Morgan fingerprint density at radius 3 is 1.94 bits per heavy atom. The highest BCUT2D eigenvalue weighted by atomic mass is 19.1. The Labute approximate surface area is 193 Å². The van der Waals surface area contributed by atoms with Crippen molar-refractivity contribution in [1.82, 2.24) is 10.2 Å². The van der Waals surface area contributed by atoms with E-state index in [1.807, 2.05) is 44.2 Å². The molecule has 3 rings (SSSR count). The number of hydrogen-bond donors (Lipinski definition) is 1. The summed E-state index contributed by atoms with van der Waals surface area (Å²) in [6, 6.07) is 20.5. The van der Waals surface area contributed by atoms with E-state index in [2.05, 4.69) is 5.32 Å². The van der Waals surface area contributed by atoms with Gasteiger partial charge in [0, 0.05) is 24.6 Å². The summed E-state index contributed by atoms with van der Waals surface area (Å²) in [4.78, 5) is 28.0. The Morgan fingerprint density at radius 1 is 0.818 bits per heavy atom. The second kappa shape index (κ2) is 11.4. The van der Waals surface area contributed by atoms with Crippen molar-refractivity contribution < 1.29 is 18.4 Å². The van der Waals surface area contributed by atoms with E-state index in [0.717, 1.165) is 5.56 Å². The summed E-state index contributed by atoms with van der Waals surface area (Å²) in [5.74, 6) is -1.76. The summed E-state index contributed by atoms with van der Waals surface area (Å²) in [5.41, 5.74) is 1.37. The number of benzene rings is 3. The maximum absolute atomic E-state index is 14.5. The van der Waals surface area contributed by atoms with Crippen LogP contribution in [0.1, 0.15) is 30.5 Å². The minimum absolute atomic E-state index is 0.108. The summed E-state index contributed by atoms with van der Waals surface area (Å²) in [6.07, 6.45) is 0.0121. The number of nitrogens with one attached hydrogen (secondary N) is 1. The van der Waals surface area contributed by atoms with E-state index >= 15 is 0 Å². The molecule has 0 saturated carbocycles. The highest BCUT2D eigenvalue weighted by Crippen LogP contribution is 2.19. The van der Waals surface area contributed by atoms with Gasteiger partial charge in [0.05, 0.1) is 6.42 Å². The largest absolute Gasteiger partial charge is 0.352 e. The zero-order chi connectivity index (χ0) is 23.8. The third kappa shape index (κ3) is 6.72. The van der Waals surface area contributed by atoms with Gasteiger partial charge in [0.25, 0.3) is 0 Å². The first kappa shape index (κ1) is 24.1. The minimum Gasteiger partial charge on any atom is -0.352 e. The molecule has 0 radical (unpaired) electrons. The van der Waals surface area contributed by atoms with Crippen LogP contribution in [0.15, 0.2) is 78.9 Å². The zero-order valence-electron chi connectivity index (χ0n) is 18.8. The fourth-order valence-electron chi connectivity index (χ4n) is 3.65. The van der Waals surface area contributed by atoms with Gasteiger partial charge < -0.3 is 10.2 Å². The van der Waals surface area contributed by atoms with Gasteiger partial charge in [-0.1, -0.05) is 66.7 Å². The number of carbonyl (C=O) groups is 2. The van der Waals surface area contributed by atoms with E-state index in [0.29, 0.717) is 0 Å². The molecule has 2 amide bonds. The molecule has 0 bridgehead atoms. The van der Waals surface area contributed by atoms with Crippen LogP contribution in [0.25, 0.3) is 0 Å². The van der Waals surface area contributed by atoms with E-state index in [1.54, 1.807) is 30.3 Å². The predicted octanol–water partition coefficient (Wildman–Crippen LogP) is 4.67. The molecule has 0 aliphatic heterocycles. The van der Waals surface area contributed by atoms with Crippen LogP contribution in [0, 0.1) is 11.6 Å². The van der Waals surface area contributed by atoms with E-state index in [1.165, 1.54) is 23.1 Å². The van der Waals surface area contributed by atoms with Gasteiger partial charge in [-0.05, 0) is 37.1 Å². The lowest BCUT2D eigenvalue weighted by atomic mass is 10.0. The van der Waals surface area contributed by atoms with Crippen LogP contribution in [0.2, 0.25) is 0 Å². The van der Waals surface area contributed by atoms with Gasteiger partial charge in [-0.3, -0.25) is 9.59 Å². The van der Waals surface area contributed by atoms with Crippen molar-refractivity contribution >= 4 is 11.8 Å². The Balaban J connectivity index is 1.99. The normalized spacial score (nSPS) is 11.8. The Kier molecular flexibility index (Phi) is 8.30. The number of hydrogen-bond acceptors (Lipinski definition) is 2. The van der Waals surface area contributed by atoms with Gasteiger partial charge in [-0.15, -0.1) is 0 Å². The fourth-order valence-corrected chi connectivity index (χ4v) is 3.65. The number of nitrogens with zero attached hydrogens (tertiary/aromatic N) is 1. The van der Waals surface area contributed by atoms with Crippen LogP contribution in [0.4, 0.5) is 8.78 Å². The molecule has 0 saturated heterocycles. The number of carbonyl (C=O) groups excluding carboxylic acids is 2. The van der Waals surface area contributed by atoms with Crippen LogP contribution in [-0.2, 0) is 29.0 Å². The first-order valence-electron chi connectivity index (χ1n) is 11.0. The van der Waals surface area contributed by atoms with Crippen LogP contribution < -0.4 is 5.32 Å². The monoisotopic (exact) mass is 450 g/mol. The van der Waals surface area contributed by atoms with E-state index in [-0.39, 0.29) is 42.5 Å². The highest BCUT2D eigenvalue weighted by Gasteiger charge is 2.31. The van der Waals surface area contributed by atoms with Crippen molar-refractivity contribution in [2.45, 2.75) is 45.3 Å². The van der Waals surface area contributed by atoms with Gasteiger partial charge >= 0.3 is 0 Å². The van der Waals surface area contributed by atoms with Gasteiger partial charge in [0.2, 0.25) is 11.8 Å². The first-order valence-corrected chi connectivity index (χ1v) is 11.0. The Morgan fingerprint density at radius 2 is 1.36 bits per heavy atom. The maximum atomic E-state index is 14.5. The summed E-state index contributed by atoms with van der Waals surface area (Å²) in [5, 5.41) is 2.87. The lowest BCUT2D eigenvalue weighted by Gasteiger charge is -2.32. The van der Waals surface area contributed by atoms with Crippen LogP contribution in [-0.4, -0.2) is 28.8 Å². The quantitative estimate of drug-likeness (QED) is 0.515. The SMILES string of the molecule is CC(C)NC(=O)[C@@H](Cc1ccccc1)N(Cc1ccccc1F)C(=O)Cc1ccccc1F. The molecule has 1 atom stereocenters. The predicted molar refractivity (Wildman–Crippen MR) is 124 cm³/mol. The van der Waals surface area contributed by atoms with Gasteiger partial charge in [0.15, 0.2) is 0 Å². The average molecular weight is 451 g/mol. The molecule has 0 aliphatic rings. The Bertz CT molecular complexity index is 1090. The zero-order valence-corrected chi connectivity index (χ0v) is 18.8. The average Bonchev–Trinajstić information content (AvgIpc) is 2.79. The molecule has 0 aliphatic carbocycles. The third-order valence-corrected chi connectivity index (χ3v) is 5.30. The third-order valence-electron chi connectivity index (χ3n) is 5.30. The van der Waals surface area contributed by atoms with Crippen LogP contribution in [0.5, 0.6) is 0 Å². The molecular weight excluding hydrogens is 422 g/mol. The van der Waals surface area contributed by atoms with Crippen molar-refractivity contribution in [2.24, 2.45) is 0 Å². The molecule has 0 spiro atoms. The number of rotatable bonds is 9. The topological polar surface area (TPSA) is 49.4 Å². The van der Waals surface area contributed by atoms with Gasteiger partial charge in [-0.25, -0.2) is 8.78 Å². The van der Waals surface area contributed by atoms with E-state index in [9.17, 15) is 18.4 Å². The van der Waals surface area contributed by atoms with Crippen molar-refractivity contribution in [3.8, 4) is 0 Å². The molecule has 3 aromatic carbocycles. The number of halogens is 2. The standard InChI is InChI=1S/C27H28F2N2O2/c1-19(2)30-27(33)25(16-20-10-4-3-5-11-20)31(18-22-13-7-9-15-24(22)29)26(32)17-21-12-6-8-14-23(21)28/h3-15,19,25H,16-18H2,1-2H3,(H,30,33)/t25-/m1/s1. The highest BCUT2D eigenvalue weighted by molar-refractivity contribution is 5.89. The summed E-state index contributed by atoms with van der Waals surface area (Å²) in [6.45, 7) is 3.56. The minimum atomic E-state index is -0.895. The summed E-state index contributed by atoms with van der Waals surface area (Å²) >= 11 is 0. The molecule has 172 valence electrons. The molecular formula is C27H28F2N2O2. The van der Waals surface area contributed by atoms with Gasteiger partial charge in [0.1, 0.15) is 17.7 Å². The molecule has 1 N–H and O–H groups in total. The Hall–Kier alpha value is -3.54.